The number of hydrogen-bond donors (Lipinski definition) is 1. The summed E-state index contributed by atoms with van der Waals surface area (Å²) in [7, 11) is 5.60. The van der Waals surface area contributed by atoms with Crippen molar-refractivity contribution in [2.75, 3.05) is 14.1 Å². The van der Waals surface area contributed by atoms with E-state index in [0.29, 0.717) is 6.54 Å². The molecule has 6 nitrogen and oxygen atoms in total. The van der Waals surface area contributed by atoms with Crippen LogP contribution < -0.4 is 5.32 Å². The summed E-state index contributed by atoms with van der Waals surface area (Å²) in [5, 5.41) is 8.05. The zero-order valence-electron chi connectivity index (χ0n) is 12.8. The van der Waals surface area contributed by atoms with Gasteiger partial charge in [0.25, 0.3) is 0 Å². The summed E-state index contributed by atoms with van der Waals surface area (Å²) in [6.45, 7) is 1.29. The third kappa shape index (κ3) is 5.13. The van der Waals surface area contributed by atoms with E-state index in [0.717, 1.165) is 28.9 Å². The molecule has 0 atom stereocenters. The maximum Gasteiger partial charge on any atom is 0.194 e. The lowest BCUT2D eigenvalue weighted by Crippen LogP contribution is -2.38. The van der Waals surface area contributed by atoms with Crippen LogP contribution in [0.25, 0.3) is 0 Å². The van der Waals surface area contributed by atoms with E-state index in [9.17, 15) is 0 Å². The third-order valence-corrected chi connectivity index (χ3v) is 3.33. The predicted molar refractivity (Wildman–Crippen MR) is 99.5 cm³/mol. The van der Waals surface area contributed by atoms with Gasteiger partial charge in [0.1, 0.15) is 12.2 Å². The normalized spacial score (nSPS) is 11.0. The van der Waals surface area contributed by atoms with E-state index in [1.54, 1.807) is 11.7 Å². The Morgan fingerprint density at radius 1 is 1.45 bits per heavy atom. The minimum absolute atomic E-state index is 0. The molecule has 8 heteroatoms. The van der Waals surface area contributed by atoms with E-state index in [4.69, 9.17) is 11.6 Å². The van der Waals surface area contributed by atoms with Gasteiger partial charge < -0.3 is 10.2 Å². The average Bonchev–Trinajstić information content (AvgIpc) is 2.85. The monoisotopic (exact) mass is 434 g/mol. The molecule has 2 rings (SSSR count). The van der Waals surface area contributed by atoms with Gasteiger partial charge in [-0.2, -0.15) is 5.10 Å². The highest BCUT2D eigenvalue weighted by atomic mass is 127. The van der Waals surface area contributed by atoms with Crippen LogP contribution in [0.15, 0.2) is 35.6 Å². The largest absolute Gasteiger partial charge is 0.349 e. The Kier molecular flexibility index (Phi) is 7.60. The second-order valence-electron chi connectivity index (χ2n) is 4.69. The van der Waals surface area contributed by atoms with Gasteiger partial charge in [-0.25, -0.2) is 4.98 Å². The Labute approximate surface area is 152 Å². The molecule has 0 fully saturated rings. The van der Waals surface area contributed by atoms with Crippen LogP contribution >= 0.6 is 35.6 Å². The maximum absolute atomic E-state index is 6.01. The minimum Gasteiger partial charge on any atom is -0.349 e. The Bertz CT molecular complexity index is 627. The number of benzene rings is 1. The van der Waals surface area contributed by atoms with Gasteiger partial charge >= 0.3 is 0 Å². The number of nitrogens with zero attached hydrogens (tertiary/aromatic N) is 5. The van der Waals surface area contributed by atoms with Gasteiger partial charge in [0, 0.05) is 32.7 Å². The zero-order valence-corrected chi connectivity index (χ0v) is 15.9. The van der Waals surface area contributed by atoms with E-state index in [2.05, 4.69) is 20.4 Å². The number of halogens is 2. The van der Waals surface area contributed by atoms with Gasteiger partial charge in [0.05, 0.1) is 6.54 Å². The molecule has 1 aromatic carbocycles. The second-order valence-corrected chi connectivity index (χ2v) is 5.12. The third-order valence-electron chi connectivity index (χ3n) is 3.09. The van der Waals surface area contributed by atoms with Gasteiger partial charge in [-0.3, -0.25) is 9.67 Å². The van der Waals surface area contributed by atoms with E-state index >= 15 is 0 Å². The van der Waals surface area contributed by atoms with E-state index in [-0.39, 0.29) is 24.0 Å². The predicted octanol–water partition coefficient (Wildman–Crippen LogP) is 2.29. The topological polar surface area (TPSA) is 58.3 Å². The summed E-state index contributed by atoms with van der Waals surface area (Å²) < 4.78 is 1.73. The fourth-order valence-corrected chi connectivity index (χ4v) is 2.22. The van der Waals surface area contributed by atoms with Crippen molar-refractivity contribution >= 4 is 41.5 Å². The quantitative estimate of drug-likeness (QED) is 0.456. The minimum atomic E-state index is 0. The molecule has 120 valence electrons. The first kappa shape index (κ1) is 18.7. The Morgan fingerprint density at radius 2 is 2.23 bits per heavy atom. The highest BCUT2D eigenvalue weighted by Crippen LogP contribution is 2.12. The van der Waals surface area contributed by atoms with Crippen LogP contribution in [-0.2, 0) is 20.1 Å². The van der Waals surface area contributed by atoms with Gasteiger partial charge in [0.2, 0.25) is 0 Å². The van der Waals surface area contributed by atoms with Crippen molar-refractivity contribution in [1.82, 2.24) is 25.0 Å². The van der Waals surface area contributed by atoms with Crippen molar-refractivity contribution in [2.24, 2.45) is 12.0 Å². The number of rotatable bonds is 4. The molecule has 0 unspecified atom stereocenters. The summed E-state index contributed by atoms with van der Waals surface area (Å²) in [5.41, 5.74) is 1.13. The van der Waals surface area contributed by atoms with Crippen molar-refractivity contribution in [3.8, 4) is 0 Å². The van der Waals surface area contributed by atoms with E-state index < -0.39 is 0 Å². The van der Waals surface area contributed by atoms with Crippen LogP contribution in [0.5, 0.6) is 0 Å². The first-order valence-electron chi connectivity index (χ1n) is 6.59. The van der Waals surface area contributed by atoms with Crippen LogP contribution in [0.2, 0.25) is 5.02 Å². The molecular formula is C14H20ClIN6. The first-order valence-corrected chi connectivity index (χ1v) is 6.97. The van der Waals surface area contributed by atoms with Crippen LogP contribution in [0, 0.1) is 0 Å². The molecule has 0 bridgehead atoms. The highest BCUT2D eigenvalue weighted by molar-refractivity contribution is 14.0. The fourth-order valence-electron chi connectivity index (χ4n) is 2.01. The van der Waals surface area contributed by atoms with Crippen LogP contribution in [0.1, 0.15) is 11.4 Å². The number of guanidine groups is 1. The van der Waals surface area contributed by atoms with Gasteiger partial charge in [0.15, 0.2) is 5.96 Å². The zero-order chi connectivity index (χ0) is 15.2. The van der Waals surface area contributed by atoms with Crippen molar-refractivity contribution in [1.29, 1.82) is 0 Å². The molecule has 0 aliphatic rings. The summed E-state index contributed by atoms with van der Waals surface area (Å²) in [4.78, 5) is 10.5. The summed E-state index contributed by atoms with van der Waals surface area (Å²) >= 11 is 6.01. The molecule has 22 heavy (non-hydrogen) atoms. The molecular weight excluding hydrogens is 415 g/mol. The molecule has 0 amide bonds. The van der Waals surface area contributed by atoms with E-state index in [1.165, 1.54) is 6.33 Å². The molecule has 2 aromatic rings. The van der Waals surface area contributed by atoms with Crippen molar-refractivity contribution < 1.29 is 0 Å². The smallest absolute Gasteiger partial charge is 0.194 e. The van der Waals surface area contributed by atoms with Crippen molar-refractivity contribution in [2.45, 2.75) is 13.1 Å². The Morgan fingerprint density at radius 3 is 2.82 bits per heavy atom. The number of aryl methyl sites for hydroxylation is 1. The van der Waals surface area contributed by atoms with Gasteiger partial charge in [-0.05, 0) is 17.7 Å². The molecule has 1 N–H and O–H groups in total. The summed E-state index contributed by atoms with van der Waals surface area (Å²) in [5.74, 6) is 1.64. The molecule has 0 aliphatic heterocycles. The lowest BCUT2D eigenvalue weighted by Gasteiger charge is -2.22. The summed E-state index contributed by atoms with van der Waals surface area (Å²) in [6, 6.07) is 7.81. The number of aromatic nitrogens is 3. The van der Waals surface area contributed by atoms with Crippen molar-refractivity contribution in [3.63, 3.8) is 0 Å². The first-order chi connectivity index (χ1) is 10.1. The molecule has 1 aromatic heterocycles. The van der Waals surface area contributed by atoms with Crippen LogP contribution in [0.3, 0.4) is 0 Å². The van der Waals surface area contributed by atoms with Gasteiger partial charge in [-0.15, -0.1) is 24.0 Å². The lowest BCUT2D eigenvalue weighted by atomic mass is 10.2. The number of aliphatic imine (C=N–C) groups is 1. The average molecular weight is 435 g/mol. The van der Waals surface area contributed by atoms with E-state index in [1.807, 2.05) is 43.3 Å². The molecule has 0 aliphatic carbocycles. The molecule has 0 saturated carbocycles. The molecule has 0 spiro atoms. The van der Waals surface area contributed by atoms with Crippen LogP contribution in [0.4, 0.5) is 0 Å². The molecule has 1 heterocycles. The second kappa shape index (κ2) is 8.94. The SMILES string of the molecule is CN=C(NCc1ncnn1C)N(C)Cc1cccc(Cl)c1.I. The summed E-state index contributed by atoms with van der Waals surface area (Å²) in [6.07, 6.45) is 1.54. The number of nitrogens with one attached hydrogen (secondary N) is 1. The van der Waals surface area contributed by atoms with Crippen molar-refractivity contribution in [3.05, 3.63) is 47.0 Å². The Balaban J connectivity index is 0.00000242. The maximum atomic E-state index is 6.01. The number of hydrogen-bond acceptors (Lipinski definition) is 3. The fraction of sp³-hybridized carbons (Fsp3) is 0.357. The van der Waals surface area contributed by atoms with Gasteiger partial charge in [-0.1, -0.05) is 23.7 Å². The molecule has 0 saturated heterocycles. The molecule has 0 radical (unpaired) electrons. The lowest BCUT2D eigenvalue weighted by molar-refractivity contribution is 0.474. The highest BCUT2D eigenvalue weighted by Gasteiger charge is 2.08. The van der Waals surface area contributed by atoms with Crippen LogP contribution in [-0.4, -0.2) is 39.7 Å². The Hall–Kier alpha value is -1.35. The standard InChI is InChI=1S/C14H19ClN6.HI/c1-16-14(17-8-13-18-10-19-21(13)3)20(2)9-11-5-4-6-12(15)7-11;/h4-7,10H,8-9H2,1-3H3,(H,16,17);1H.